The van der Waals surface area contributed by atoms with E-state index in [2.05, 4.69) is 10.0 Å². The summed E-state index contributed by atoms with van der Waals surface area (Å²) in [5.74, 6) is 1.35. The first-order valence-electron chi connectivity index (χ1n) is 7.18. The summed E-state index contributed by atoms with van der Waals surface area (Å²) in [6.45, 7) is 0. The zero-order chi connectivity index (χ0) is 17.3. The van der Waals surface area contributed by atoms with E-state index >= 15 is 0 Å². The third-order valence-corrected chi connectivity index (χ3v) is 5.25. The maximum atomic E-state index is 12.5. The third kappa shape index (κ3) is 2.74. The second-order valence-electron chi connectivity index (χ2n) is 5.15. The number of nitrogens with one attached hydrogen (secondary N) is 2. The number of benzene rings is 2. The Bertz CT molecular complexity index is 842. The number of hydrogen-bond donors (Lipinski definition) is 2. The van der Waals surface area contributed by atoms with Crippen LogP contribution in [0.25, 0.3) is 0 Å². The van der Waals surface area contributed by atoms with Crippen LogP contribution >= 0.6 is 0 Å². The monoisotopic (exact) mass is 350 g/mol. The molecule has 128 valence electrons. The molecule has 0 spiro atoms. The van der Waals surface area contributed by atoms with Gasteiger partial charge in [-0.3, -0.25) is 0 Å². The standard InChI is InChI=1S/C16H18N2O5S/c1-21-12-8-10(9-13(22-2)15(12)23-3)16-17-11-6-4-5-7-14(11)24(19,20)18-16/h4-9,16-18H,1-3H3. The molecule has 0 aliphatic carbocycles. The molecule has 7 nitrogen and oxygen atoms in total. The van der Waals surface area contributed by atoms with Gasteiger partial charge in [0, 0.05) is 0 Å². The highest BCUT2D eigenvalue weighted by Gasteiger charge is 2.30. The lowest BCUT2D eigenvalue weighted by Gasteiger charge is -2.29. The molecule has 0 radical (unpaired) electrons. The fraction of sp³-hybridized carbons (Fsp3) is 0.250. The van der Waals surface area contributed by atoms with Crippen LogP contribution in [-0.2, 0) is 10.0 Å². The van der Waals surface area contributed by atoms with Gasteiger partial charge >= 0.3 is 0 Å². The lowest BCUT2D eigenvalue weighted by molar-refractivity contribution is 0.323. The van der Waals surface area contributed by atoms with Crippen molar-refractivity contribution in [2.75, 3.05) is 26.6 Å². The van der Waals surface area contributed by atoms with Gasteiger partial charge in [0.05, 0.1) is 27.0 Å². The van der Waals surface area contributed by atoms with Crippen molar-refractivity contribution in [3.8, 4) is 17.2 Å². The zero-order valence-corrected chi connectivity index (χ0v) is 14.3. The summed E-state index contributed by atoms with van der Waals surface area (Å²) in [5, 5.41) is 3.17. The molecule has 1 atom stereocenters. The first kappa shape index (κ1) is 16.4. The summed E-state index contributed by atoms with van der Waals surface area (Å²) in [6, 6.07) is 10.1. The van der Waals surface area contributed by atoms with Crippen molar-refractivity contribution in [3.05, 3.63) is 42.0 Å². The molecule has 2 aromatic carbocycles. The number of methoxy groups -OCH3 is 3. The number of anilines is 1. The van der Waals surface area contributed by atoms with E-state index in [4.69, 9.17) is 14.2 Å². The molecule has 1 aliphatic heterocycles. The molecule has 0 saturated carbocycles. The van der Waals surface area contributed by atoms with E-state index in [1.165, 1.54) is 21.3 Å². The van der Waals surface area contributed by atoms with E-state index in [1.54, 1.807) is 36.4 Å². The molecule has 2 N–H and O–H groups in total. The van der Waals surface area contributed by atoms with Gasteiger partial charge < -0.3 is 19.5 Å². The summed E-state index contributed by atoms with van der Waals surface area (Å²) in [7, 11) is 0.910. The van der Waals surface area contributed by atoms with Crippen molar-refractivity contribution in [3.63, 3.8) is 0 Å². The Morgan fingerprint density at radius 2 is 1.58 bits per heavy atom. The van der Waals surface area contributed by atoms with E-state index in [9.17, 15) is 8.42 Å². The van der Waals surface area contributed by atoms with Crippen LogP contribution in [0.15, 0.2) is 41.3 Å². The number of hydrogen-bond acceptors (Lipinski definition) is 6. The van der Waals surface area contributed by atoms with Gasteiger partial charge in [-0.2, -0.15) is 4.72 Å². The Morgan fingerprint density at radius 3 is 2.17 bits per heavy atom. The minimum absolute atomic E-state index is 0.216. The van der Waals surface area contributed by atoms with Gasteiger partial charge in [-0.1, -0.05) is 12.1 Å². The van der Waals surface area contributed by atoms with Gasteiger partial charge in [0.25, 0.3) is 0 Å². The van der Waals surface area contributed by atoms with Crippen LogP contribution in [0.2, 0.25) is 0 Å². The number of ether oxygens (including phenoxy) is 3. The minimum Gasteiger partial charge on any atom is -0.493 e. The molecule has 0 aromatic heterocycles. The molecular weight excluding hydrogens is 332 g/mol. The van der Waals surface area contributed by atoms with Gasteiger partial charge in [0.1, 0.15) is 11.1 Å². The summed E-state index contributed by atoms with van der Waals surface area (Å²) >= 11 is 0. The van der Waals surface area contributed by atoms with Gasteiger partial charge in [0.15, 0.2) is 11.5 Å². The topological polar surface area (TPSA) is 85.9 Å². The maximum Gasteiger partial charge on any atom is 0.244 e. The quantitative estimate of drug-likeness (QED) is 0.878. The third-order valence-electron chi connectivity index (χ3n) is 3.77. The first-order valence-corrected chi connectivity index (χ1v) is 8.66. The predicted octanol–water partition coefficient (Wildman–Crippen LogP) is 2.12. The lowest BCUT2D eigenvalue weighted by Crippen LogP contribution is -2.38. The van der Waals surface area contributed by atoms with Gasteiger partial charge in [-0.25, -0.2) is 8.42 Å². The van der Waals surface area contributed by atoms with E-state index < -0.39 is 16.2 Å². The molecule has 2 aromatic rings. The van der Waals surface area contributed by atoms with Crippen LogP contribution in [0, 0.1) is 0 Å². The lowest BCUT2D eigenvalue weighted by atomic mass is 10.1. The molecule has 0 saturated heterocycles. The molecule has 1 aliphatic rings. The largest absolute Gasteiger partial charge is 0.493 e. The van der Waals surface area contributed by atoms with E-state index in [-0.39, 0.29) is 4.90 Å². The van der Waals surface area contributed by atoms with Crippen molar-refractivity contribution < 1.29 is 22.6 Å². The van der Waals surface area contributed by atoms with Crippen LogP contribution in [0.3, 0.4) is 0 Å². The molecule has 3 rings (SSSR count). The second kappa shape index (κ2) is 6.21. The SMILES string of the molecule is COc1cc(C2Nc3ccccc3S(=O)(=O)N2)cc(OC)c1OC. The number of rotatable bonds is 4. The summed E-state index contributed by atoms with van der Waals surface area (Å²) in [6.07, 6.45) is -0.654. The van der Waals surface area contributed by atoms with E-state index in [0.717, 1.165) is 0 Å². The Hall–Kier alpha value is -2.45. The van der Waals surface area contributed by atoms with Crippen molar-refractivity contribution in [1.82, 2.24) is 4.72 Å². The van der Waals surface area contributed by atoms with Crippen molar-refractivity contribution in [2.45, 2.75) is 11.1 Å². The number of para-hydroxylation sites is 1. The molecule has 0 amide bonds. The van der Waals surface area contributed by atoms with Gasteiger partial charge in [0.2, 0.25) is 15.8 Å². The van der Waals surface area contributed by atoms with Crippen LogP contribution in [-0.4, -0.2) is 29.7 Å². The van der Waals surface area contributed by atoms with Crippen molar-refractivity contribution in [2.24, 2.45) is 0 Å². The van der Waals surface area contributed by atoms with Crippen LogP contribution in [0.5, 0.6) is 17.2 Å². The summed E-state index contributed by atoms with van der Waals surface area (Å²) in [5.41, 5.74) is 1.18. The second-order valence-corrected chi connectivity index (χ2v) is 6.84. The van der Waals surface area contributed by atoms with Crippen molar-refractivity contribution in [1.29, 1.82) is 0 Å². The Labute approximate surface area is 140 Å². The normalized spacial score (nSPS) is 18.2. The highest BCUT2D eigenvalue weighted by molar-refractivity contribution is 7.89. The first-order chi connectivity index (χ1) is 11.5. The van der Waals surface area contributed by atoms with E-state index in [0.29, 0.717) is 28.5 Å². The fourth-order valence-corrected chi connectivity index (χ4v) is 3.95. The van der Waals surface area contributed by atoms with Crippen molar-refractivity contribution >= 4 is 15.7 Å². The molecule has 8 heteroatoms. The molecule has 1 unspecified atom stereocenters. The average Bonchev–Trinajstić information content (AvgIpc) is 2.59. The zero-order valence-electron chi connectivity index (χ0n) is 13.5. The van der Waals surface area contributed by atoms with Gasteiger partial charge in [-0.05, 0) is 29.8 Å². The average molecular weight is 350 g/mol. The van der Waals surface area contributed by atoms with Crippen LogP contribution in [0.4, 0.5) is 5.69 Å². The smallest absolute Gasteiger partial charge is 0.244 e. The molecule has 24 heavy (non-hydrogen) atoms. The van der Waals surface area contributed by atoms with Crippen LogP contribution in [0.1, 0.15) is 11.7 Å². The molecule has 0 fully saturated rings. The van der Waals surface area contributed by atoms with Crippen LogP contribution < -0.4 is 24.2 Å². The highest BCUT2D eigenvalue weighted by atomic mass is 32.2. The number of sulfonamides is 1. The Kier molecular flexibility index (Phi) is 4.25. The molecule has 0 bridgehead atoms. The maximum absolute atomic E-state index is 12.5. The van der Waals surface area contributed by atoms with E-state index in [1.807, 2.05) is 0 Å². The number of fused-ring (bicyclic) bond motifs is 1. The minimum atomic E-state index is -3.62. The Balaban J connectivity index is 2.08. The summed E-state index contributed by atoms with van der Waals surface area (Å²) < 4.78 is 43.4. The highest BCUT2D eigenvalue weighted by Crippen LogP contribution is 2.41. The molecule has 1 heterocycles. The van der Waals surface area contributed by atoms with Gasteiger partial charge in [-0.15, -0.1) is 0 Å². The predicted molar refractivity (Wildman–Crippen MR) is 89.2 cm³/mol. The molecular formula is C16H18N2O5S. The fourth-order valence-electron chi connectivity index (χ4n) is 2.64. The Morgan fingerprint density at radius 1 is 0.958 bits per heavy atom. The summed E-state index contributed by atoms with van der Waals surface area (Å²) in [4.78, 5) is 0.216.